The Balaban J connectivity index is 2.89. The summed E-state index contributed by atoms with van der Waals surface area (Å²) in [7, 11) is 0. The summed E-state index contributed by atoms with van der Waals surface area (Å²) in [6.45, 7) is 10.6. The van der Waals surface area contributed by atoms with Gasteiger partial charge in [0, 0.05) is 0 Å². The Labute approximate surface area is 117 Å². The summed E-state index contributed by atoms with van der Waals surface area (Å²) in [6, 6.07) is 0. The highest BCUT2D eigenvalue weighted by Gasteiger charge is 2.47. The first-order chi connectivity index (χ1) is 8.81. The minimum atomic E-state index is -0.881. The van der Waals surface area contributed by atoms with E-state index in [1.807, 2.05) is 20.8 Å². The van der Waals surface area contributed by atoms with Gasteiger partial charge in [0.2, 0.25) is 0 Å². The van der Waals surface area contributed by atoms with Crippen LogP contribution >= 0.6 is 0 Å². The van der Waals surface area contributed by atoms with E-state index in [0.717, 1.165) is 25.7 Å². The van der Waals surface area contributed by atoms with E-state index in [1.54, 1.807) is 0 Å². The molecule has 1 aliphatic carbocycles. The monoisotopic (exact) mass is 270 g/mol. The summed E-state index contributed by atoms with van der Waals surface area (Å²) in [5.41, 5.74) is -0.881. The molecule has 3 nitrogen and oxygen atoms in total. The molecule has 0 aromatic rings. The standard InChI is InChI=1S/C16H30O3/c1-6-19-15(17)14(12(4)5)16(18)9-7-8-13(10-16)11(2)3/h11-14,18H,6-10H2,1-5H3. The fourth-order valence-electron chi connectivity index (χ4n) is 3.52. The van der Waals surface area contributed by atoms with Crippen LogP contribution in [-0.2, 0) is 9.53 Å². The molecule has 0 amide bonds. The molecule has 0 aromatic heterocycles. The van der Waals surface area contributed by atoms with Crippen LogP contribution in [0.15, 0.2) is 0 Å². The van der Waals surface area contributed by atoms with Crippen LogP contribution in [0, 0.1) is 23.7 Å². The highest BCUT2D eigenvalue weighted by molar-refractivity contribution is 5.74. The van der Waals surface area contributed by atoms with E-state index in [9.17, 15) is 9.90 Å². The third-order valence-corrected chi connectivity index (χ3v) is 4.53. The quantitative estimate of drug-likeness (QED) is 0.779. The van der Waals surface area contributed by atoms with Crippen molar-refractivity contribution < 1.29 is 14.6 Å². The van der Waals surface area contributed by atoms with Gasteiger partial charge in [-0.15, -0.1) is 0 Å². The molecule has 1 aliphatic rings. The van der Waals surface area contributed by atoms with Gasteiger partial charge in [-0.3, -0.25) is 4.79 Å². The predicted molar refractivity (Wildman–Crippen MR) is 76.7 cm³/mol. The zero-order valence-electron chi connectivity index (χ0n) is 13.1. The molecule has 0 aliphatic heterocycles. The van der Waals surface area contributed by atoms with Crippen molar-refractivity contribution in [3.8, 4) is 0 Å². The Morgan fingerprint density at radius 3 is 2.47 bits per heavy atom. The number of ether oxygens (including phenoxy) is 1. The van der Waals surface area contributed by atoms with Crippen molar-refractivity contribution in [1.29, 1.82) is 0 Å². The molecular formula is C16H30O3. The number of rotatable bonds is 5. The van der Waals surface area contributed by atoms with Gasteiger partial charge in [0.05, 0.1) is 18.1 Å². The highest BCUT2D eigenvalue weighted by Crippen LogP contribution is 2.43. The minimum Gasteiger partial charge on any atom is -0.466 e. The van der Waals surface area contributed by atoms with Gasteiger partial charge in [-0.2, -0.15) is 0 Å². The van der Waals surface area contributed by atoms with Crippen molar-refractivity contribution in [1.82, 2.24) is 0 Å². The Morgan fingerprint density at radius 1 is 1.37 bits per heavy atom. The van der Waals surface area contributed by atoms with Crippen LogP contribution in [0.3, 0.4) is 0 Å². The Morgan fingerprint density at radius 2 is 2.00 bits per heavy atom. The average Bonchev–Trinajstić information content (AvgIpc) is 2.28. The van der Waals surface area contributed by atoms with Crippen molar-refractivity contribution in [2.45, 2.75) is 65.9 Å². The maximum absolute atomic E-state index is 12.2. The second-order valence-corrected chi connectivity index (χ2v) is 6.68. The van der Waals surface area contributed by atoms with E-state index in [-0.39, 0.29) is 11.9 Å². The molecule has 1 rings (SSSR count). The van der Waals surface area contributed by atoms with E-state index >= 15 is 0 Å². The lowest BCUT2D eigenvalue weighted by molar-refractivity contribution is -0.167. The maximum Gasteiger partial charge on any atom is 0.312 e. The molecule has 0 saturated heterocycles. The Bertz CT molecular complexity index is 298. The smallest absolute Gasteiger partial charge is 0.312 e. The van der Waals surface area contributed by atoms with Crippen LogP contribution in [0.4, 0.5) is 0 Å². The zero-order chi connectivity index (χ0) is 14.6. The second-order valence-electron chi connectivity index (χ2n) is 6.68. The van der Waals surface area contributed by atoms with Gasteiger partial charge in [-0.25, -0.2) is 0 Å². The molecule has 1 fully saturated rings. The number of esters is 1. The third-order valence-electron chi connectivity index (χ3n) is 4.53. The summed E-state index contributed by atoms with van der Waals surface area (Å²) in [5, 5.41) is 11.0. The normalized spacial score (nSPS) is 29.6. The molecule has 0 aromatic carbocycles. The molecule has 19 heavy (non-hydrogen) atoms. The molecule has 112 valence electrons. The van der Waals surface area contributed by atoms with E-state index in [2.05, 4.69) is 13.8 Å². The third kappa shape index (κ3) is 3.95. The van der Waals surface area contributed by atoms with E-state index in [1.165, 1.54) is 0 Å². The molecule has 3 atom stereocenters. The van der Waals surface area contributed by atoms with Crippen molar-refractivity contribution in [2.75, 3.05) is 6.61 Å². The van der Waals surface area contributed by atoms with Crippen LogP contribution < -0.4 is 0 Å². The van der Waals surface area contributed by atoms with Gasteiger partial charge in [-0.05, 0) is 43.9 Å². The molecule has 0 spiro atoms. The largest absolute Gasteiger partial charge is 0.466 e. The predicted octanol–water partition coefficient (Wildman–Crippen LogP) is 3.40. The molecule has 0 heterocycles. The number of hydrogen-bond donors (Lipinski definition) is 1. The maximum atomic E-state index is 12.2. The van der Waals surface area contributed by atoms with Crippen molar-refractivity contribution in [2.24, 2.45) is 23.7 Å². The summed E-state index contributed by atoms with van der Waals surface area (Å²) in [4.78, 5) is 12.2. The Hall–Kier alpha value is -0.570. The number of carbonyl (C=O) groups excluding carboxylic acids is 1. The van der Waals surface area contributed by atoms with Crippen LogP contribution in [0.5, 0.6) is 0 Å². The lowest BCUT2D eigenvalue weighted by Crippen LogP contribution is -2.49. The highest BCUT2D eigenvalue weighted by atomic mass is 16.5. The second kappa shape index (κ2) is 6.74. The summed E-state index contributed by atoms with van der Waals surface area (Å²) in [6.07, 6.45) is 3.61. The summed E-state index contributed by atoms with van der Waals surface area (Å²) >= 11 is 0. The van der Waals surface area contributed by atoms with Crippen LogP contribution in [0.2, 0.25) is 0 Å². The lowest BCUT2D eigenvalue weighted by atomic mass is 9.66. The van der Waals surface area contributed by atoms with Crippen LogP contribution in [-0.4, -0.2) is 23.3 Å². The first-order valence-corrected chi connectivity index (χ1v) is 7.70. The fourth-order valence-corrected chi connectivity index (χ4v) is 3.52. The summed E-state index contributed by atoms with van der Waals surface area (Å²) in [5.74, 6) is 0.546. The van der Waals surface area contributed by atoms with Crippen LogP contribution in [0.1, 0.15) is 60.3 Å². The van der Waals surface area contributed by atoms with Gasteiger partial charge < -0.3 is 9.84 Å². The van der Waals surface area contributed by atoms with Crippen molar-refractivity contribution in [3.63, 3.8) is 0 Å². The van der Waals surface area contributed by atoms with E-state index in [0.29, 0.717) is 18.4 Å². The Kier molecular flexibility index (Phi) is 5.84. The van der Waals surface area contributed by atoms with E-state index in [4.69, 9.17) is 4.74 Å². The van der Waals surface area contributed by atoms with Gasteiger partial charge in [0.15, 0.2) is 0 Å². The first-order valence-electron chi connectivity index (χ1n) is 7.70. The van der Waals surface area contributed by atoms with Crippen molar-refractivity contribution >= 4 is 5.97 Å². The fraction of sp³-hybridized carbons (Fsp3) is 0.938. The van der Waals surface area contributed by atoms with Gasteiger partial charge in [0.25, 0.3) is 0 Å². The molecule has 1 N–H and O–H groups in total. The van der Waals surface area contributed by atoms with E-state index < -0.39 is 11.5 Å². The lowest BCUT2D eigenvalue weighted by Gasteiger charge is -2.43. The topological polar surface area (TPSA) is 46.5 Å². The molecule has 3 unspecified atom stereocenters. The number of aliphatic hydroxyl groups is 1. The molecule has 1 saturated carbocycles. The molecule has 0 radical (unpaired) electrons. The summed E-state index contributed by atoms with van der Waals surface area (Å²) < 4.78 is 5.18. The van der Waals surface area contributed by atoms with Gasteiger partial charge >= 0.3 is 5.97 Å². The molecular weight excluding hydrogens is 240 g/mol. The van der Waals surface area contributed by atoms with Crippen molar-refractivity contribution in [3.05, 3.63) is 0 Å². The number of carbonyl (C=O) groups is 1. The molecule has 0 bridgehead atoms. The SMILES string of the molecule is CCOC(=O)C(C(C)C)C1(O)CCCC(C(C)C)C1. The zero-order valence-corrected chi connectivity index (χ0v) is 13.1. The number of hydrogen-bond acceptors (Lipinski definition) is 3. The van der Waals surface area contributed by atoms with Gasteiger partial charge in [0.1, 0.15) is 0 Å². The molecule has 3 heteroatoms. The minimum absolute atomic E-state index is 0.106. The average molecular weight is 270 g/mol. The first kappa shape index (κ1) is 16.5. The van der Waals surface area contributed by atoms with Gasteiger partial charge in [-0.1, -0.05) is 34.1 Å². The van der Waals surface area contributed by atoms with Crippen LogP contribution in [0.25, 0.3) is 0 Å².